The highest BCUT2D eigenvalue weighted by atomic mass is 19.1. The third kappa shape index (κ3) is 3.21. The summed E-state index contributed by atoms with van der Waals surface area (Å²) < 4.78 is 19.7. The first kappa shape index (κ1) is 15.5. The van der Waals surface area contributed by atoms with Crippen LogP contribution in [0.5, 0.6) is 5.75 Å². The first-order valence-electron chi connectivity index (χ1n) is 8.17. The van der Waals surface area contributed by atoms with E-state index in [1.807, 2.05) is 31.2 Å². The Morgan fingerprint density at radius 1 is 0.870 bits per heavy atom. The molecule has 0 aliphatic rings. The topological polar surface area (TPSA) is 9.23 Å². The Kier molecular flexibility index (Phi) is 4.61. The van der Waals surface area contributed by atoms with Crippen molar-refractivity contribution in [1.82, 2.24) is 0 Å². The van der Waals surface area contributed by atoms with Crippen molar-refractivity contribution in [3.63, 3.8) is 0 Å². The SMILES string of the molecule is CCCc1ccc(-c2ccc3c(F)c(OCC)ccc3c2)cc1. The van der Waals surface area contributed by atoms with E-state index in [1.165, 1.54) is 5.56 Å². The predicted molar refractivity (Wildman–Crippen MR) is 94.5 cm³/mol. The zero-order chi connectivity index (χ0) is 16.2. The molecule has 0 amide bonds. The number of aryl methyl sites for hydroxylation is 1. The van der Waals surface area contributed by atoms with E-state index >= 15 is 0 Å². The Bertz CT molecular complexity index is 806. The van der Waals surface area contributed by atoms with E-state index < -0.39 is 0 Å². The molecule has 0 fully saturated rings. The lowest BCUT2D eigenvalue weighted by Gasteiger charge is -2.09. The molecule has 0 aliphatic heterocycles. The molecule has 0 atom stereocenters. The summed E-state index contributed by atoms with van der Waals surface area (Å²) in [5.74, 6) is 0.0332. The molecule has 3 rings (SSSR count). The molecule has 0 spiro atoms. The molecule has 23 heavy (non-hydrogen) atoms. The highest BCUT2D eigenvalue weighted by Crippen LogP contribution is 2.30. The molecule has 118 valence electrons. The average molecular weight is 308 g/mol. The van der Waals surface area contributed by atoms with Gasteiger partial charge in [0, 0.05) is 5.39 Å². The standard InChI is InChI=1S/C21H21FO/c1-3-5-15-6-8-16(9-7-15)17-10-12-19-18(14-17)11-13-20(21(19)22)23-4-2/h6-14H,3-5H2,1-2H3. The lowest BCUT2D eigenvalue weighted by molar-refractivity contribution is 0.323. The molecule has 3 aromatic carbocycles. The van der Waals surface area contributed by atoms with Crippen molar-refractivity contribution >= 4 is 10.8 Å². The molecule has 2 heteroatoms. The fourth-order valence-corrected chi connectivity index (χ4v) is 2.87. The number of benzene rings is 3. The number of halogens is 1. The van der Waals surface area contributed by atoms with Crippen LogP contribution in [-0.2, 0) is 6.42 Å². The van der Waals surface area contributed by atoms with Crippen molar-refractivity contribution in [1.29, 1.82) is 0 Å². The van der Waals surface area contributed by atoms with Crippen LogP contribution in [0.1, 0.15) is 25.8 Å². The van der Waals surface area contributed by atoms with Gasteiger partial charge in [0.15, 0.2) is 11.6 Å². The molecule has 0 bridgehead atoms. The Balaban J connectivity index is 1.98. The van der Waals surface area contributed by atoms with E-state index in [1.54, 1.807) is 6.07 Å². The number of hydrogen-bond acceptors (Lipinski definition) is 1. The fourth-order valence-electron chi connectivity index (χ4n) is 2.87. The van der Waals surface area contributed by atoms with Gasteiger partial charge in [0.05, 0.1) is 6.61 Å². The van der Waals surface area contributed by atoms with Gasteiger partial charge in [-0.2, -0.15) is 0 Å². The minimum atomic E-state index is -0.283. The van der Waals surface area contributed by atoms with Gasteiger partial charge in [-0.05, 0) is 47.6 Å². The van der Waals surface area contributed by atoms with E-state index in [-0.39, 0.29) is 5.82 Å². The molecule has 1 nitrogen and oxygen atoms in total. The Morgan fingerprint density at radius 3 is 2.30 bits per heavy atom. The van der Waals surface area contributed by atoms with Gasteiger partial charge in [0.1, 0.15) is 0 Å². The minimum Gasteiger partial charge on any atom is -0.491 e. The molecule has 0 heterocycles. The second kappa shape index (κ2) is 6.82. The van der Waals surface area contributed by atoms with Gasteiger partial charge in [-0.3, -0.25) is 0 Å². The summed E-state index contributed by atoms with van der Waals surface area (Å²) in [5, 5.41) is 1.49. The number of rotatable bonds is 5. The summed E-state index contributed by atoms with van der Waals surface area (Å²) in [6, 6.07) is 18.1. The Morgan fingerprint density at radius 2 is 1.61 bits per heavy atom. The zero-order valence-electron chi connectivity index (χ0n) is 13.6. The van der Waals surface area contributed by atoms with E-state index in [9.17, 15) is 4.39 Å². The van der Waals surface area contributed by atoms with Gasteiger partial charge < -0.3 is 4.74 Å². The maximum absolute atomic E-state index is 14.4. The quantitative estimate of drug-likeness (QED) is 0.562. The van der Waals surface area contributed by atoms with Crippen molar-refractivity contribution in [2.45, 2.75) is 26.7 Å². The first-order chi connectivity index (χ1) is 11.2. The van der Waals surface area contributed by atoms with Crippen LogP contribution in [0, 0.1) is 5.82 Å². The molecule has 0 saturated heterocycles. The average Bonchev–Trinajstić information content (AvgIpc) is 2.58. The first-order valence-corrected chi connectivity index (χ1v) is 8.17. The zero-order valence-corrected chi connectivity index (χ0v) is 13.6. The molecular weight excluding hydrogens is 287 g/mol. The van der Waals surface area contributed by atoms with Crippen molar-refractivity contribution in [3.8, 4) is 16.9 Å². The van der Waals surface area contributed by atoms with Crippen LogP contribution in [0.2, 0.25) is 0 Å². The van der Waals surface area contributed by atoms with Crippen molar-refractivity contribution in [2.75, 3.05) is 6.61 Å². The van der Waals surface area contributed by atoms with E-state index in [2.05, 4.69) is 31.2 Å². The third-order valence-corrected chi connectivity index (χ3v) is 4.04. The monoisotopic (exact) mass is 308 g/mol. The van der Waals surface area contributed by atoms with Crippen LogP contribution in [-0.4, -0.2) is 6.61 Å². The molecule has 0 N–H and O–H groups in total. The summed E-state index contributed by atoms with van der Waals surface area (Å²) in [6.45, 7) is 4.50. The number of fused-ring (bicyclic) bond motifs is 1. The lowest BCUT2D eigenvalue weighted by atomic mass is 9.99. The second-order valence-electron chi connectivity index (χ2n) is 5.69. The third-order valence-electron chi connectivity index (χ3n) is 4.04. The van der Waals surface area contributed by atoms with Crippen molar-refractivity contribution < 1.29 is 9.13 Å². The van der Waals surface area contributed by atoms with E-state index in [0.29, 0.717) is 17.7 Å². The van der Waals surface area contributed by atoms with Crippen LogP contribution in [0.3, 0.4) is 0 Å². The normalized spacial score (nSPS) is 10.9. The highest BCUT2D eigenvalue weighted by molar-refractivity contribution is 5.89. The van der Waals surface area contributed by atoms with E-state index in [0.717, 1.165) is 29.4 Å². The highest BCUT2D eigenvalue weighted by Gasteiger charge is 2.09. The van der Waals surface area contributed by atoms with Gasteiger partial charge in [-0.1, -0.05) is 55.8 Å². The fraction of sp³-hybridized carbons (Fsp3) is 0.238. The molecular formula is C21H21FO. The largest absolute Gasteiger partial charge is 0.491 e. The molecule has 3 aromatic rings. The van der Waals surface area contributed by atoms with Crippen LogP contribution in [0.25, 0.3) is 21.9 Å². The van der Waals surface area contributed by atoms with Crippen LogP contribution >= 0.6 is 0 Å². The van der Waals surface area contributed by atoms with Crippen LogP contribution in [0.15, 0.2) is 54.6 Å². The van der Waals surface area contributed by atoms with Gasteiger partial charge in [0.2, 0.25) is 0 Å². The van der Waals surface area contributed by atoms with Crippen LogP contribution < -0.4 is 4.74 Å². The Labute approximate surface area is 136 Å². The number of ether oxygens (including phenoxy) is 1. The summed E-state index contributed by atoms with van der Waals surface area (Å²) >= 11 is 0. The van der Waals surface area contributed by atoms with Crippen LogP contribution in [0.4, 0.5) is 4.39 Å². The van der Waals surface area contributed by atoms with Gasteiger partial charge in [0.25, 0.3) is 0 Å². The van der Waals surface area contributed by atoms with Crippen molar-refractivity contribution in [3.05, 3.63) is 66.0 Å². The smallest absolute Gasteiger partial charge is 0.172 e. The molecule has 0 aromatic heterocycles. The molecule has 0 saturated carbocycles. The van der Waals surface area contributed by atoms with Gasteiger partial charge in [-0.15, -0.1) is 0 Å². The molecule has 0 radical (unpaired) electrons. The van der Waals surface area contributed by atoms with Gasteiger partial charge in [-0.25, -0.2) is 4.39 Å². The maximum atomic E-state index is 14.4. The van der Waals surface area contributed by atoms with E-state index in [4.69, 9.17) is 4.74 Å². The lowest BCUT2D eigenvalue weighted by Crippen LogP contribution is -1.95. The summed E-state index contributed by atoms with van der Waals surface area (Å²) in [5.41, 5.74) is 3.61. The number of hydrogen-bond donors (Lipinski definition) is 0. The van der Waals surface area contributed by atoms with Gasteiger partial charge >= 0.3 is 0 Å². The summed E-state index contributed by atoms with van der Waals surface area (Å²) in [6.07, 6.45) is 2.25. The summed E-state index contributed by atoms with van der Waals surface area (Å²) in [4.78, 5) is 0. The minimum absolute atomic E-state index is 0.283. The second-order valence-corrected chi connectivity index (χ2v) is 5.69. The predicted octanol–water partition coefficient (Wildman–Crippen LogP) is 6.00. The summed E-state index contributed by atoms with van der Waals surface area (Å²) in [7, 11) is 0. The molecule has 0 unspecified atom stereocenters. The molecule has 0 aliphatic carbocycles. The Hall–Kier alpha value is -2.35. The van der Waals surface area contributed by atoms with Crippen molar-refractivity contribution in [2.24, 2.45) is 0 Å². The maximum Gasteiger partial charge on any atom is 0.172 e.